The maximum absolute atomic E-state index is 12.6. The van der Waals surface area contributed by atoms with Crippen molar-refractivity contribution in [2.45, 2.75) is 33.1 Å². The van der Waals surface area contributed by atoms with Crippen LogP contribution in [-0.4, -0.2) is 18.5 Å². The molecule has 1 heterocycles. The average Bonchev–Trinajstić information content (AvgIpc) is 2.70. The second-order valence-corrected chi connectivity index (χ2v) is 7.81. The highest BCUT2D eigenvalue weighted by Gasteiger charge is 2.33. The molecular weight excluding hydrogens is 332 g/mol. The van der Waals surface area contributed by atoms with E-state index in [1.54, 1.807) is 6.20 Å². The lowest BCUT2D eigenvalue weighted by Gasteiger charge is -2.34. The molecule has 1 unspecified atom stereocenters. The number of fused-ring (bicyclic) bond motifs is 4. The van der Waals surface area contributed by atoms with Crippen molar-refractivity contribution < 1.29 is 4.79 Å². The van der Waals surface area contributed by atoms with E-state index < -0.39 is 0 Å². The molecule has 138 valence electrons. The maximum Gasteiger partial charge on any atom is 0.163 e. The van der Waals surface area contributed by atoms with Crippen molar-refractivity contribution in [3.05, 3.63) is 65.5 Å². The van der Waals surface area contributed by atoms with Crippen LogP contribution in [0.1, 0.15) is 37.8 Å². The van der Waals surface area contributed by atoms with E-state index in [0.29, 0.717) is 24.0 Å². The van der Waals surface area contributed by atoms with Crippen LogP contribution in [0.15, 0.2) is 59.4 Å². The highest BCUT2D eigenvalue weighted by Crippen LogP contribution is 2.44. The number of ketones is 1. The normalized spacial score (nSPS) is 23.3. The number of nitrogens with one attached hydrogen (secondary N) is 1. The van der Waals surface area contributed by atoms with Gasteiger partial charge in [0.1, 0.15) is 0 Å². The Morgan fingerprint density at radius 2 is 1.89 bits per heavy atom. The lowest BCUT2D eigenvalue weighted by molar-refractivity contribution is -0.114. The summed E-state index contributed by atoms with van der Waals surface area (Å²) >= 11 is 0. The van der Waals surface area contributed by atoms with Gasteiger partial charge in [-0.25, -0.2) is 0 Å². The van der Waals surface area contributed by atoms with Crippen molar-refractivity contribution >= 4 is 28.3 Å². The Kier molecular flexibility index (Phi) is 4.93. The number of hydrogen-bond acceptors (Lipinski definition) is 3. The van der Waals surface area contributed by atoms with Gasteiger partial charge in [0.05, 0.1) is 0 Å². The number of carbonyl (C=O) groups excluding carboxylic acids is 1. The van der Waals surface area contributed by atoms with Crippen LogP contribution >= 0.6 is 0 Å². The van der Waals surface area contributed by atoms with Crippen LogP contribution < -0.4 is 5.32 Å². The van der Waals surface area contributed by atoms with Gasteiger partial charge in [0.15, 0.2) is 5.78 Å². The third-order valence-electron chi connectivity index (χ3n) is 5.71. The molecular formula is C24H26N2O. The summed E-state index contributed by atoms with van der Waals surface area (Å²) in [5.74, 6) is 1.34. The molecule has 2 aliphatic carbocycles. The summed E-state index contributed by atoms with van der Waals surface area (Å²) in [6, 6.07) is 12.9. The lowest BCUT2D eigenvalue weighted by atomic mass is 9.70. The largest absolute Gasteiger partial charge is 0.385 e. The SMILES string of the molecule is C1=CNCC=N1.CC1CC(=O)C2=C(C1)[C@H](C)Cc1c2ccc2ccccc12. The predicted molar refractivity (Wildman–Crippen MR) is 113 cm³/mol. The van der Waals surface area contributed by atoms with E-state index in [-0.39, 0.29) is 0 Å². The molecule has 2 aromatic carbocycles. The molecule has 5 rings (SSSR count). The van der Waals surface area contributed by atoms with Crippen LogP contribution in [0, 0.1) is 11.8 Å². The van der Waals surface area contributed by atoms with Crippen molar-refractivity contribution in [3.8, 4) is 0 Å². The number of benzene rings is 2. The Morgan fingerprint density at radius 3 is 2.59 bits per heavy atom. The van der Waals surface area contributed by atoms with Crippen LogP contribution in [0.2, 0.25) is 0 Å². The number of Topliss-reactive ketones (excluding diaryl/α,β-unsaturated/α-hetero) is 1. The summed E-state index contributed by atoms with van der Waals surface area (Å²) in [7, 11) is 0. The molecule has 0 radical (unpaired) electrons. The second-order valence-electron chi connectivity index (χ2n) is 7.81. The smallest absolute Gasteiger partial charge is 0.163 e. The summed E-state index contributed by atoms with van der Waals surface area (Å²) in [4.78, 5) is 16.4. The highest BCUT2D eigenvalue weighted by atomic mass is 16.1. The van der Waals surface area contributed by atoms with Crippen LogP contribution in [0.25, 0.3) is 16.3 Å². The number of allylic oxidation sites excluding steroid dienone is 2. The van der Waals surface area contributed by atoms with E-state index >= 15 is 0 Å². The lowest BCUT2D eigenvalue weighted by Crippen LogP contribution is -2.25. The fourth-order valence-electron chi connectivity index (χ4n) is 4.47. The molecule has 0 aromatic heterocycles. The third-order valence-corrected chi connectivity index (χ3v) is 5.71. The summed E-state index contributed by atoms with van der Waals surface area (Å²) < 4.78 is 0. The minimum absolute atomic E-state index is 0.354. The van der Waals surface area contributed by atoms with E-state index in [4.69, 9.17) is 0 Å². The molecule has 0 bridgehead atoms. The average molecular weight is 358 g/mol. The fourth-order valence-corrected chi connectivity index (χ4v) is 4.47. The van der Waals surface area contributed by atoms with Gasteiger partial charge in [0.25, 0.3) is 0 Å². The molecule has 3 nitrogen and oxygen atoms in total. The molecule has 0 amide bonds. The van der Waals surface area contributed by atoms with Crippen molar-refractivity contribution in [1.29, 1.82) is 0 Å². The van der Waals surface area contributed by atoms with Crippen molar-refractivity contribution in [1.82, 2.24) is 5.32 Å². The van der Waals surface area contributed by atoms with E-state index in [0.717, 1.165) is 25.0 Å². The molecule has 2 atom stereocenters. The monoisotopic (exact) mass is 358 g/mol. The highest BCUT2D eigenvalue weighted by molar-refractivity contribution is 6.24. The number of carbonyl (C=O) groups is 1. The van der Waals surface area contributed by atoms with Gasteiger partial charge in [-0.15, -0.1) is 0 Å². The van der Waals surface area contributed by atoms with Crippen molar-refractivity contribution in [2.75, 3.05) is 6.54 Å². The van der Waals surface area contributed by atoms with E-state index in [1.807, 2.05) is 12.4 Å². The summed E-state index contributed by atoms with van der Waals surface area (Å²) in [5.41, 5.74) is 5.04. The first-order chi connectivity index (χ1) is 13.1. The maximum atomic E-state index is 12.6. The van der Waals surface area contributed by atoms with E-state index in [9.17, 15) is 4.79 Å². The molecule has 1 N–H and O–H groups in total. The van der Waals surface area contributed by atoms with Gasteiger partial charge < -0.3 is 5.32 Å². The first kappa shape index (κ1) is 17.7. The minimum atomic E-state index is 0.354. The van der Waals surface area contributed by atoms with Crippen LogP contribution in [0.3, 0.4) is 0 Å². The first-order valence-electron chi connectivity index (χ1n) is 9.82. The molecule has 0 saturated carbocycles. The van der Waals surface area contributed by atoms with Gasteiger partial charge in [-0.1, -0.05) is 55.8 Å². The Hall–Kier alpha value is -2.68. The second kappa shape index (κ2) is 7.51. The van der Waals surface area contributed by atoms with E-state index in [1.165, 1.54) is 27.5 Å². The summed E-state index contributed by atoms with van der Waals surface area (Å²) in [6.45, 7) is 5.35. The summed E-state index contributed by atoms with van der Waals surface area (Å²) in [5, 5.41) is 5.56. The quantitative estimate of drug-likeness (QED) is 0.726. The molecule has 3 aliphatic rings. The van der Waals surface area contributed by atoms with Gasteiger partial charge in [0.2, 0.25) is 0 Å². The molecule has 0 saturated heterocycles. The Labute approximate surface area is 160 Å². The topological polar surface area (TPSA) is 41.5 Å². The number of aliphatic imine (C=N–C) groups is 1. The van der Waals surface area contributed by atoms with E-state index in [2.05, 4.69) is 60.6 Å². The van der Waals surface area contributed by atoms with Crippen molar-refractivity contribution in [2.24, 2.45) is 16.8 Å². The predicted octanol–water partition coefficient (Wildman–Crippen LogP) is 4.92. The Bertz CT molecular complexity index is 956. The zero-order valence-corrected chi connectivity index (χ0v) is 16.0. The molecule has 27 heavy (non-hydrogen) atoms. The Balaban J connectivity index is 0.000000257. The van der Waals surface area contributed by atoms with Gasteiger partial charge >= 0.3 is 0 Å². The standard InChI is InChI=1S/C20H20O.C4H6N2/c1-12-9-17-13(2)11-18-15-6-4-3-5-14(15)7-8-16(18)20(17)19(21)10-12;1-2-6-4-3-5-1/h3-8,12-13H,9-11H2,1-2H3;1-3,6H,4H2/t12?,13-;/m1./s1. The van der Waals surface area contributed by atoms with Gasteiger partial charge in [-0.05, 0) is 46.6 Å². The summed E-state index contributed by atoms with van der Waals surface area (Å²) in [6.07, 6.45) is 8.23. The number of nitrogens with zero attached hydrogens (tertiary/aromatic N) is 1. The fraction of sp³-hybridized carbons (Fsp3) is 0.333. The van der Waals surface area contributed by atoms with Gasteiger partial charge in [-0.3, -0.25) is 9.79 Å². The number of rotatable bonds is 0. The Morgan fingerprint density at radius 1 is 1.04 bits per heavy atom. The minimum Gasteiger partial charge on any atom is -0.385 e. The van der Waals surface area contributed by atoms with Gasteiger partial charge in [0, 0.05) is 37.2 Å². The zero-order valence-electron chi connectivity index (χ0n) is 16.0. The molecule has 0 fully saturated rings. The van der Waals surface area contributed by atoms with Crippen LogP contribution in [0.4, 0.5) is 0 Å². The molecule has 3 heteroatoms. The van der Waals surface area contributed by atoms with Gasteiger partial charge in [-0.2, -0.15) is 0 Å². The zero-order chi connectivity index (χ0) is 18.8. The van der Waals surface area contributed by atoms with Crippen LogP contribution in [-0.2, 0) is 11.2 Å². The van der Waals surface area contributed by atoms with Crippen molar-refractivity contribution in [3.63, 3.8) is 0 Å². The van der Waals surface area contributed by atoms with Crippen LogP contribution in [0.5, 0.6) is 0 Å². The number of hydrogen-bond donors (Lipinski definition) is 1. The third kappa shape index (κ3) is 3.46. The molecule has 2 aromatic rings. The molecule has 0 spiro atoms. The molecule has 1 aliphatic heterocycles. The first-order valence-corrected chi connectivity index (χ1v) is 9.82.